The van der Waals surface area contributed by atoms with Crippen molar-refractivity contribution in [1.82, 2.24) is 15.0 Å². The number of carbonyl (C=O) groups is 2. The van der Waals surface area contributed by atoms with Gasteiger partial charge in [0.25, 0.3) is 5.91 Å². The maximum Gasteiger partial charge on any atom is 0.357 e. The van der Waals surface area contributed by atoms with Gasteiger partial charge in [-0.05, 0) is 12.0 Å². The molecule has 1 saturated heterocycles. The van der Waals surface area contributed by atoms with Crippen LogP contribution in [0.25, 0.3) is 21.8 Å². The van der Waals surface area contributed by atoms with Crippen LogP contribution in [0, 0.1) is 0 Å². The lowest BCUT2D eigenvalue weighted by atomic mass is 9.98. The molecule has 4 rings (SSSR count). The Kier molecular flexibility index (Phi) is 5.40. The number of carbonyl (C=O) groups excluding carboxylic acids is 2. The first-order valence-corrected chi connectivity index (χ1v) is 10.7. The van der Waals surface area contributed by atoms with Crippen molar-refractivity contribution in [3.05, 3.63) is 46.7 Å². The largest absolute Gasteiger partial charge is 0.464 e. The third-order valence-electron chi connectivity index (χ3n) is 5.39. The normalized spacial score (nSPS) is 18.8. The minimum absolute atomic E-state index is 0.129. The molecule has 1 aromatic carbocycles. The van der Waals surface area contributed by atoms with Crippen molar-refractivity contribution in [3.8, 4) is 21.8 Å². The van der Waals surface area contributed by atoms with E-state index in [0.29, 0.717) is 22.9 Å². The van der Waals surface area contributed by atoms with E-state index < -0.39 is 17.5 Å². The number of hydrogen-bond acceptors (Lipinski definition) is 8. The average Bonchev–Trinajstić information content (AvgIpc) is 3.49. The summed E-state index contributed by atoms with van der Waals surface area (Å²) in [5.41, 5.74) is 0.712. The third kappa shape index (κ3) is 3.64. The summed E-state index contributed by atoms with van der Waals surface area (Å²) in [5.74, 6) is -0.595. The molecule has 1 amide bonds. The monoisotopic (exact) mass is 441 g/mol. The van der Waals surface area contributed by atoms with Crippen LogP contribution in [0.3, 0.4) is 0 Å². The molecule has 0 radical (unpaired) electrons. The fourth-order valence-corrected chi connectivity index (χ4v) is 4.64. The molecule has 1 aliphatic heterocycles. The van der Waals surface area contributed by atoms with E-state index in [9.17, 15) is 14.7 Å². The minimum atomic E-state index is -1.69. The first-order chi connectivity index (χ1) is 14.7. The van der Waals surface area contributed by atoms with E-state index in [1.165, 1.54) is 23.3 Å². The molecular weight excluding hydrogens is 418 g/mol. The van der Waals surface area contributed by atoms with E-state index in [4.69, 9.17) is 9.26 Å². The SMILES string of the molecule is COC(=O)c1nc(-c2cccc(-c3cc(C4(O)CCN(C)C4=O)on3)c2)sc1C(C)C. The highest BCUT2D eigenvalue weighted by Crippen LogP contribution is 2.37. The van der Waals surface area contributed by atoms with Gasteiger partial charge >= 0.3 is 5.97 Å². The van der Waals surface area contributed by atoms with Crippen molar-refractivity contribution >= 4 is 23.2 Å². The number of benzene rings is 1. The van der Waals surface area contributed by atoms with Crippen LogP contribution in [0.4, 0.5) is 0 Å². The van der Waals surface area contributed by atoms with Crippen LogP contribution in [0.5, 0.6) is 0 Å². The van der Waals surface area contributed by atoms with E-state index >= 15 is 0 Å². The quantitative estimate of drug-likeness (QED) is 0.605. The molecule has 0 bridgehead atoms. The summed E-state index contributed by atoms with van der Waals surface area (Å²) in [5, 5.41) is 15.5. The molecule has 1 unspecified atom stereocenters. The summed E-state index contributed by atoms with van der Waals surface area (Å²) in [6, 6.07) is 9.10. The molecular formula is C22H23N3O5S. The molecule has 0 spiro atoms. The second-order valence-electron chi connectivity index (χ2n) is 7.87. The third-order valence-corrected chi connectivity index (χ3v) is 6.79. The zero-order valence-corrected chi connectivity index (χ0v) is 18.5. The number of likely N-dealkylation sites (N-methyl/N-ethyl adjacent to an activating group) is 1. The van der Waals surface area contributed by atoms with Crippen LogP contribution < -0.4 is 0 Å². The first-order valence-electron chi connectivity index (χ1n) is 9.89. The summed E-state index contributed by atoms with van der Waals surface area (Å²) < 4.78 is 10.2. The number of ether oxygens (including phenoxy) is 1. The van der Waals surface area contributed by atoms with E-state index in [1.807, 2.05) is 38.1 Å². The lowest BCUT2D eigenvalue weighted by molar-refractivity contribution is -0.144. The second kappa shape index (κ2) is 7.90. The standard InChI is InChI=1S/C22H23N3O5S/c1-12(2)18-17(20(26)29-4)23-19(31-18)14-7-5-6-13(10-14)15-11-16(30-24-15)22(28)8-9-25(3)21(22)27/h5-7,10-12,28H,8-9H2,1-4H3. The Morgan fingerprint density at radius 2 is 2.06 bits per heavy atom. The molecule has 2 aromatic heterocycles. The number of nitrogens with zero attached hydrogens (tertiary/aromatic N) is 3. The van der Waals surface area contributed by atoms with Crippen LogP contribution in [-0.2, 0) is 15.1 Å². The highest BCUT2D eigenvalue weighted by atomic mass is 32.1. The Balaban J connectivity index is 1.69. The zero-order chi connectivity index (χ0) is 22.3. The predicted molar refractivity (Wildman–Crippen MR) is 115 cm³/mol. The smallest absolute Gasteiger partial charge is 0.357 e. The Labute approximate surface area is 183 Å². The molecule has 3 heterocycles. The van der Waals surface area contributed by atoms with Crippen LogP contribution >= 0.6 is 11.3 Å². The molecule has 1 N–H and O–H groups in total. The fourth-order valence-electron chi connectivity index (χ4n) is 3.59. The number of likely N-dealkylation sites (tertiary alicyclic amines) is 1. The average molecular weight is 442 g/mol. The number of aromatic nitrogens is 2. The molecule has 1 aliphatic rings. The minimum Gasteiger partial charge on any atom is -0.464 e. The fraction of sp³-hybridized carbons (Fsp3) is 0.364. The summed E-state index contributed by atoms with van der Waals surface area (Å²) in [4.78, 5) is 31.3. The Morgan fingerprint density at radius 3 is 2.71 bits per heavy atom. The van der Waals surface area contributed by atoms with Gasteiger partial charge in [-0.3, -0.25) is 4.79 Å². The van der Waals surface area contributed by atoms with Gasteiger partial charge < -0.3 is 19.3 Å². The maximum absolute atomic E-state index is 12.3. The van der Waals surface area contributed by atoms with Gasteiger partial charge in [-0.15, -0.1) is 11.3 Å². The number of hydrogen-bond donors (Lipinski definition) is 1. The zero-order valence-electron chi connectivity index (χ0n) is 17.7. The molecule has 8 nitrogen and oxygen atoms in total. The molecule has 0 saturated carbocycles. The highest BCUT2D eigenvalue weighted by Gasteiger charge is 2.48. The first kappa shape index (κ1) is 21.2. The van der Waals surface area contributed by atoms with Gasteiger partial charge in [-0.1, -0.05) is 37.2 Å². The van der Waals surface area contributed by atoms with E-state index in [-0.39, 0.29) is 18.1 Å². The van der Waals surface area contributed by atoms with Crippen molar-refractivity contribution in [3.63, 3.8) is 0 Å². The Morgan fingerprint density at radius 1 is 1.32 bits per heavy atom. The van der Waals surface area contributed by atoms with E-state index in [1.54, 1.807) is 13.1 Å². The van der Waals surface area contributed by atoms with Crippen molar-refractivity contribution < 1.29 is 24.0 Å². The van der Waals surface area contributed by atoms with Crippen molar-refractivity contribution in [2.75, 3.05) is 20.7 Å². The number of thiazole rings is 1. The van der Waals surface area contributed by atoms with Gasteiger partial charge in [0.05, 0.1) is 7.11 Å². The summed E-state index contributed by atoms with van der Waals surface area (Å²) in [6.45, 7) is 4.46. The summed E-state index contributed by atoms with van der Waals surface area (Å²) >= 11 is 1.45. The molecule has 9 heteroatoms. The van der Waals surface area contributed by atoms with Gasteiger partial charge in [-0.25, -0.2) is 9.78 Å². The van der Waals surface area contributed by atoms with Crippen LogP contribution in [0.2, 0.25) is 0 Å². The van der Waals surface area contributed by atoms with Crippen molar-refractivity contribution in [1.29, 1.82) is 0 Å². The number of amides is 1. The van der Waals surface area contributed by atoms with Gasteiger partial charge in [0.15, 0.2) is 11.5 Å². The van der Waals surface area contributed by atoms with E-state index in [0.717, 1.165) is 16.0 Å². The number of methoxy groups -OCH3 is 1. The molecule has 1 fully saturated rings. The molecule has 3 aromatic rings. The molecule has 31 heavy (non-hydrogen) atoms. The summed E-state index contributed by atoms with van der Waals surface area (Å²) in [6.07, 6.45) is 0.254. The molecule has 162 valence electrons. The topological polar surface area (TPSA) is 106 Å². The molecule has 0 aliphatic carbocycles. The van der Waals surface area contributed by atoms with Crippen molar-refractivity contribution in [2.24, 2.45) is 0 Å². The lowest BCUT2D eigenvalue weighted by Gasteiger charge is -2.16. The second-order valence-corrected chi connectivity index (χ2v) is 8.90. The van der Waals surface area contributed by atoms with E-state index in [2.05, 4.69) is 10.1 Å². The Hall–Kier alpha value is -3.04. The Bertz CT molecular complexity index is 1150. The number of aliphatic hydroxyl groups is 1. The maximum atomic E-state index is 12.3. The van der Waals surface area contributed by atoms with Gasteiger partial charge in [0.1, 0.15) is 10.7 Å². The van der Waals surface area contributed by atoms with Gasteiger partial charge in [0, 0.05) is 42.1 Å². The van der Waals surface area contributed by atoms with Crippen molar-refractivity contribution in [2.45, 2.75) is 31.8 Å². The van der Waals surface area contributed by atoms with Crippen LogP contribution in [0.15, 0.2) is 34.9 Å². The number of esters is 1. The van der Waals surface area contributed by atoms with Gasteiger partial charge in [-0.2, -0.15) is 0 Å². The summed E-state index contributed by atoms with van der Waals surface area (Å²) in [7, 11) is 2.98. The number of rotatable bonds is 5. The van der Waals surface area contributed by atoms with Gasteiger partial charge in [0.2, 0.25) is 5.60 Å². The molecule has 1 atom stereocenters. The lowest BCUT2D eigenvalue weighted by Crippen LogP contribution is -2.35. The van der Waals surface area contributed by atoms with Crippen LogP contribution in [0.1, 0.15) is 47.3 Å². The van der Waals surface area contributed by atoms with Crippen LogP contribution in [-0.4, -0.2) is 52.7 Å². The predicted octanol–water partition coefficient (Wildman–Crippen LogP) is 3.42. The highest BCUT2D eigenvalue weighted by molar-refractivity contribution is 7.15.